The maximum absolute atomic E-state index is 6.05. The van der Waals surface area contributed by atoms with E-state index in [1.807, 2.05) is 30.7 Å². The van der Waals surface area contributed by atoms with Gasteiger partial charge in [0.2, 0.25) is 11.9 Å². The van der Waals surface area contributed by atoms with Gasteiger partial charge in [-0.3, -0.25) is 9.55 Å². The summed E-state index contributed by atoms with van der Waals surface area (Å²) in [6.07, 6.45) is 14.6. The third-order valence-electron chi connectivity index (χ3n) is 6.56. The van der Waals surface area contributed by atoms with E-state index in [0.717, 1.165) is 61.3 Å². The van der Waals surface area contributed by atoms with Crippen LogP contribution in [0, 0.1) is 0 Å². The molecule has 0 unspecified atom stereocenters. The molecule has 3 aromatic rings. The van der Waals surface area contributed by atoms with Crippen LogP contribution in [0.15, 0.2) is 30.7 Å². The van der Waals surface area contributed by atoms with Crippen molar-refractivity contribution >= 4 is 53.6 Å². The molecule has 0 atom stereocenters. The third kappa shape index (κ3) is 4.92. The van der Waals surface area contributed by atoms with E-state index in [0.29, 0.717) is 24.1 Å². The van der Waals surface area contributed by atoms with Gasteiger partial charge in [-0.05, 0) is 50.7 Å². The second-order valence-corrected chi connectivity index (χ2v) is 8.64. The molecule has 3 N–H and O–H groups in total. The van der Waals surface area contributed by atoms with Crippen molar-refractivity contribution in [2.45, 2.75) is 69.5 Å². The lowest BCUT2D eigenvalue weighted by Gasteiger charge is -2.26. The van der Waals surface area contributed by atoms with Crippen molar-refractivity contribution in [1.29, 1.82) is 0 Å². The Bertz CT molecular complexity index is 998. The van der Waals surface area contributed by atoms with E-state index >= 15 is 0 Å². The normalized spacial score (nSPS) is 21.1. The van der Waals surface area contributed by atoms with Crippen molar-refractivity contribution in [1.82, 2.24) is 24.5 Å². The minimum Gasteiger partial charge on any atom is -0.351 e. The van der Waals surface area contributed by atoms with Crippen molar-refractivity contribution < 1.29 is 0 Å². The molecule has 2 aliphatic rings. The van der Waals surface area contributed by atoms with Gasteiger partial charge in [0, 0.05) is 43.3 Å². The van der Waals surface area contributed by atoms with Gasteiger partial charge in [0.05, 0.1) is 6.20 Å². The molecule has 0 bridgehead atoms. The third-order valence-corrected chi connectivity index (χ3v) is 6.56. The molecule has 174 valence electrons. The average molecular weight is 479 g/mol. The van der Waals surface area contributed by atoms with Crippen LogP contribution in [0.2, 0.25) is 0 Å². The van der Waals surface area contributed by atoms with Gasteiger partial charge in [-0.2, -0.15) is 4.98 Å². The number of pyridine rings is 1. The summed E-state index contributed by atoms with van der Waals surface area (Å²) < 4.78 is 2.33. The molecular weight excluding hydrogens is 447 g/mol. The molecule has 10 heteroatoms. The van der Waals surface area contributed by atoms with E-state index in [4.69, 9.17) is 15.7 Å². The molecule has 32 heavy (non-hydrogen) atoms. The van der Waals surface area contributed by atoms with Crippen molar-refractivity contribution in [3.05, 3.63) is 30.7 Å². The lowest BCUT2D eigenvalue weighted by molar-refractivity contribution is 0.410. The highest BCUT2D eigenvalue weighted by Gasteiger charge is 2.27. The summed E-state index contributed by atoms with van der Waals surface area (Å²) in [5, 5.41) is 3.54. The van der Waals surface area contributed by atoms with Crippen LogP contribution in [-0.2, 0) is 0 Å². The molecule has 0 radical (unpaired) electrons. The number of aromatic nitrogens is 5. The van der Waals surface area contributed by atoms with Gasteiger partial charge in [-0.25, -0.2) is 9.97 Å². The molecule has 2 fully saturated rings. The molecule has 0 amide bonds. The maximum Gasteiger partial charge on any atom is 0.224 e. The quantitative estimate of drug-likeness (QED) is 0.551. The molecule has 3 heterocycles. The summed E-state index contributed by atoms with van der Waals surface area (Å²) in [7, 11) is 2.06. The monoisotopic (exact) mass is 478 g/mol. The fourth-order valence-corrected chi connectivity index (χ4v) is 4.81. The van der Waals surface area contributed by atoms with Gasteiger partial charge in [-0.1, -0.05) is 12.8 Å². The van der Waals surface area contributed by atoms with Gasteiger partial charge in [0.25, 0.3) is 0 Å². The molecule has 0 saturated heterocycles. The van der Waals surface area contributed by atoms with E-state index in [9.17, 15) is 0 Å². The van der Waals surface area contributed by atoms with Crippen LogP contribution in [0.5, 0.6) is 0 Å². The Labute approximate surface area is 201 Å². The largest absolute Gasteiger partial charge is 0.351 e. The highest BCUT2D eigenvalue weighted by molar-refractivity contribution is 5.85. The SMILES string of the molecule is CN(c1ccncc1)c1nc2cnc(N[C@H]3CC[C@H](N)CC3)nc2n1C1CCCC1.Cl.Cl. The predicted molar refractivity (Wildman–Crippen MR) is 133 cm³/mol. The lowest BCUT2D eigenvalue weighted by atomic mass is 9.92. The smallest absolute Gasteiger partial charge is 0.224 e. The molecule has 3 aromatic heterocycles. The summed E-state index contributed by atoms with van der Waals surface area (Å²) in [5.74, 6) is 1.61. The van der Waals surface area contributed by atoms with Crippen molar-refractivity contribution in [3.63, 3.8) is 0 Å². The van der Waals surface area contributed by atoms with E-state index in [1.165, 1.54) is 12.8 Å². The van der Waals surface area contributed by atoms with Gasteiger partial charge in [0.15, 0.2) is 5.65 Å². The topological polar surface area (TPSA) is 97.8 Å². The Morgan fingerprint density at radius 3 is 2.38 bits per heavy atom. The first-order chi connectivity index (χ1) is 14.7. The van der Waals surface area contributed by atoms with Gasteiger partial charge in [0.1, 0.15) is 5.52 Å². The number of imidazole rings is 1. The zero-order chi connectivity index (χ0) is 20.5. The van der Waals surface area contributed by atoms with Crippen LogP contribution in [0.3, 0.4) is 0 Å². The highest BCUT2D eigenvalue weighted by Crippen LogP contribution is 2.37. The number of nitrogens with zero attached hydrogens (tertiary/aromatic N) is 6. The summed E-state index contributed by atoms with van der Waals surface area (Å²) in [5.41, 5.74) is 8.87. The number of hydrogen-bond donors (Lipinski definition) is 2. The van der Waals surface area contributed by atoms with Gasteiger partial charge in [-0.15, -0.1) is 24.8 Å². The summed E-state index contributed by atoms with van der Waals surface area (Å²) in [6, 6.07) is 5.16. The average Bonchev–Trinajstić information content (AvgIpc) is 3.43. The molecular formula is C22H32Cl2N8. The minimum atomic E-state index is 0. The first-order valence-corrected chi connectivity index (χ1v) is 11.1. The van der Waals surface area contributed by atoms with E-state index in [-0.39, 0.29) is 24.8 Å². The zero-order valence-corrected chi connectivity index (χ0v) is 20.0. The van der Waals surface area contributed by atoms with Crippen LogP contribution >= 0.6 is 24.8 Å². The second kappa shape index (κ2) is 10.6. The van der Waals surface area contributed by atoms with Gasteiger partial charge < -0.3 is 16.0 Å². The Kier molecular flexibility index (Phi) is 8.14. The first-order valence-electron chi connectivity index (χ1n) is 11.1. The Morgan fingerprint density at radius 2 is 1.69 bits per heavy atom. The predicted octanol–water partition coefficient (Wildman–Crippen LogP) is 4.63. The van der Waals surface area contributed by atoms with Crippen molar-refractivity contribution in [2.24, 2.45) is 5.73 Å². The van der Waals surface area contributed by atoms with E-state index < -0.39 is 0 Å². The van der Waals surface area contributed by atoms with Crippen LogP contribution in [-0.4, -0.2) is 43.6 Å². The highest BCUT2D eigenvalue weighted by atomic mass is 35.5. The van der Waals surface area contributed by atoms with Crippen molar-refractivity contribution in [3.8, 4) is 0 Å². The number of fused-ring (bicyclic) bond motifs is 1. The molecule has 2 aliphatic carbocycles. The number of anilines is 3. The maximum atomic E-state index is 6.05. The molecule has 2 saturated carbocycles. The molecule has 0 aliphatic heterocycles. The standard InChI is InChI=1S/C22H30N8.2ClH/c1-29(17-10-12-24-13-11-17)22-27-19-14-25-21(26-16-8-6-15(23)7-9-16)28-20(19)30(22)18-4-2-3-5-18;;/h10-16,18H,2-9,23H2,1H3,(H,25,26,28);2*1H/t15-,16-;;. The minimum absolute atomic E-state index is 0. The Balaban J connectivity index is 0.00000144. The van der Waals surface area contributed by atoms with Crippen LogP contribution < -0.4 is 16.0 Å². The van der Waals surface area contributed by atoms with Gasteiger partial charge >= 0.3 is 0 Å². The van der Waals surface area contributed by atoms with Crippen molar-refractivity contribution in [2.75, 3.05) is 17.3 Å². The first kappa shape index (κ1) is 24.5. The number of halogens is 2. The summed E-state index contributed by atoms with van der Waals surface area (Å²) in [4.78, 5) is 20.7. The van der Waals surface area contributed by atoms with Crippen LogP contribution in [0.1, 0.15) is 57.4 Å². The Hall–Kier alpha value is -2.16. The van der Waals surface area contributed by atoms with Crippen LogP contribution in [0.4, 0.5) is 17.6 Å². The second-order valence-electron chi connectivity index (χ2n) is 8.64. The number of hydrogen-bond acceptors (Lipinski definition) is 7. The zero-order valence-electron chi connectivity index (χ0n) is 18.4. The number of nitrogens with one attached hydrogen (secondary N) is 1. The molecule has 0 spiro atoms. The number of rotatable bonds is 5. The Morgan fingerprint density at radius 1 is 1.00 bits per heavy atom. The fraction of sp³-hybridized carbons (Fsp3) is 0.545. The van der Waals surface area contributed by atoms with E-state index in [2.05, 4.69) is 31.8 Å². The van der Waals surface area contributed by atoms with Crippen LogP contribution in [0.25, 0.3) is 11.2 Å². The lowest BCUT2D eigenvalue weighted by Crippen LogP contribution is -2.33. The summed E-state index contributed by atoms with van der Waals surface area (Å²) >= 11 is 0. The molecule has 5 rings (SSSR count). The molecule has 0 aromatic carbocycles. The van der Waals surface area contributed by atoms with E-state index in [1.54, 1.807) is 0 Å². The molecule has 8 nitrogen and oxygen atoms in total. The summed E-state index contributed by atoms with van der Waals surface area (Å²) in [6.45, 7) is 0. The fourth-order valence-electron chi connectivity index (χ4n) is 4.81. The number of nitrogens with two attached hydrogens (primary N) is 1.